The standard InChI is InChI=1S/C19H22N2O4/c1-19(2,23)14-20(13-15-8-4-3-5-9-15)18(22)12-16-10-6-7-11-17(16)21(24)25/h3-11,23H,12-14H2,1-2H3. The van der Waals surface area contributed by atoms with Gasteiger partial charge in [0.25, 0.3) is 5.69 Å². The van der Waals surface area contributed by atoms with Gasteiger partial charge in [-0.1, -0.05) is 48.5 Å². The maximum absolute atomic E-state index is 12.8. The summed E-state index contributed by atoms with van der Waals surface area (Å²) in [6, 6.07) is 15.7. The number of aliphatic hydroxyl groups is 1. The van der Waals surface area contributed by atoms with E-state index in [1.165, 1.54) is 11.0 Å². The molecule has 0 bridgehead atoms. The minimum atomic E-state index is -1.06. The Labute approximate surface area is 146 Å². The smallest absolute Gasteiger partial charge is 0.273 e. The monoisotopic (exact) mass is 342 g/mol. The van der Waals surface area contributed by atoms with E-state index in [0.717, 1.165) is 5.56 Å². The molecular formula is C19H22N2O4. The summed E-state index contributed by atoms with van der Waals surface area (Å²) in [5.41, 5.74) is 0.167. The molecule has 0 fully saturated rings. The summed E-state index contributed by atoms with van der Waals surface area (Å²) in [6.07, 6.45) is -0.0833. The maximum atomic E-state index is 12.8. The Kier molecular flexibility index (Phi) is 5.88. The molecule has 2 aromatic rings. The number of benzene rings is 2. The van der Waals surface area contributed by atoms with Crippen LogP contribution in [-0.4, -0.2) is 33.0 Å². The lowest BCUT2D eigenvalue weighted by molar-refractivity contribution is -0.385. The average molecular weight is 342 g/mol. The van der Waals surface area contributed by atoms with Crippen molar-refractivity contribution in [2.75, 3.05) is 6.54 Å². The highest BCUT2D eigenvalue weighted by Crippen LogP contribution is 2.20. The Morgan fingerprint density at radius 2 is 1.72 bits per heavy atom. The lowest BCUT2D eigenvalue weighted by Gasteiger charge is -2.29. The van der Waals surface area contributed by atoms with E-state index in [9.17, 15) is 20.0 Å². The molecular weight excluding hydrogens is 320 g/mol. The number of carbonyl (C=O) groups excluding carboxylic acids is 1. The van der Waals surface area contributed by atoms with Crippen molar-refractivity contribution in [2.45, 2.75) is 32.4 Å². The SMILES string of the molecule is CC(C)(O)CN(Cc1ccccc1)C(=O)Cc1ccccc1[N+](=O)[O-]. The summed E-state index contributed by atoms with van der Waals surface area (Å²) in [4.78, 5) is 24.9. The first-order chi connectivity index (χ1) is 11.8. The number of amides is 1. The van der Waals surface area contributed by atoms with Crippen LogP contribution in [0.3, 0.4) is 0 Å². The Hall–Kier alpha value is -2.73. The number of hydrogen-bond acceptors (Lipinski definition) is 4. The molecule has 0 aliphatic heterocycles. The van der Waals surface area contributed by atoms with E-state index < -0.39 is 10.5 Å². The lowest BCUT2D eigenvalue weighted by Crippen LogP contribution is -2.42. The van der Waals surface area contributed by atoms with Gasteiger partial charge >= 0.3 is 0 Å². The molecule has 6 nitrogen and oxygen atoms in total. The zero-order valence-corrected chi connectivity index (χ0v) is 14.4. The van der Waals surface area contributed by atoms with Gasteiger partial charge in [0.15, 0.2) is 0 Å². The minimum absolute atomic E-state index is 0.0706. The normalized spacial score (nSPS) is 11.2. The predicted octanol–water partition coefficient (Wildman–Crippen LogP) is 2.94. The van der Waals surface area contributed by atoms with Crippen molar-refractivity contribution in [3.05, 3.63) is 75.8 Å². The third kappa shape index (κ3) is 5.69. The molecule has 2 aromatic carbocycles. The fourth-order valence-electron chi connectivity index (χ4n) is 2.62. The van der Waals surface area contributed by atoms with Gasteiger partial charge in [0.05, 0.1) is 16.9 Å². The van der Waals surface area contributed by atoms with E-state index in [-0.39, 0.29) is 24.6 Å². The van der Waals surface area contributed by atoms with Crippen LogP contribution >= 0.6 is 0 Å². The molecule has 0 aliphatic carbocycles. The summed E-state index contributed by atoms with van der Waals surface area (Å²) in [5, 5.41) is 21.3. The van der Waals surface area contributed by atoms with Crippen LogP contribution in [0.25, 0.3) is 0 Å². The lowest BCUT2D eigenvalue weighted by atomic mass is 10.1. The molecule has 1 amide bonds. The van der Waals surface area contributed by atoms with Gasteiger partial charge < -0.3 is 10.0 Å². The molecule has 0 heterocycles. The van der Waals surface area contributed by atoms with Crippen LogP contribution in [-0.2, 0) is 17.8 Å². The molecule has 132 valence electrons. The molecule has 0 saturated carbocycles. The van der Waals surface area contributed by atoms with Gasteiger partial charge in [-0.3, -0.25) is 14.9 Å². The quantitative estimate of drug-likeness (QED) is 0.619. The largest absolute Gasteiger partial charge is 0.389 e. The highest BCUT2D eigenvalue weighted by atomic mass is 16.6. The Morgan fingerprint density at radius 3 is 2.32 bits per heavy atom. The molecule has 0 radical (unpaired) electrons. The van der Waals surface area contributed by atoms with Gasteiger partial charge in [-0.25, -0.2) is 0 Å². The second kappa shape index (κ2) is 7.90. The zero-order chi connectivity index (χ0) is 18.4. The van der Waals surface area contributed by atoms with Crippen molar-refractivity contribution in [2.24, 2.45) is 0 Å². The Morgan fingerprint density at radius 1 is 1.12 bits per heavy atom. The molecule has 0 unspecified atom stereocenters. The molecule has 0 atom stereocenters. The van der Waals surface area contributed by atoms with Crippen LogP contribution in [0.5, 0.6) is 0 Å². The first-order valence-corrected chi connectivity index (χ1v) is 8.02. The highest BCUT2D eigenvalue weighted by molar-refractivity contribution is 5.80. The first-order valence-electron chi connectivity index (χ1n) is 8.02. The summed E-state index contributed by atoms with van der Waals surface area (Å²) < 4.78 is 0. The van der Waals surface area contributed by atoms with Crippen LogP contribution in [0.1, 0.15) is 25.0 Å². The summed E-state index contributed by atoms with van der Waals surface area (Å²) in [7, 11) is 0. The van der Waals surface area contributed by atoms with Gasteiger partial charge in [0.1, 0.15) is 0 Å². The third-order valence-corrected chi connectivity index (χ3v) is 3.68. The van der Waals surface area contributed by atoms with Crippen molar-refractivity contribution in [3.8, 4) is 0 Å². The Balaban J connectivity index is 2.22. The topological polar surface area (TPSA) is 83.7 Å². The number of para-hydroxylation sites is 1. The van der Waals surface area contributed by atoms with Gasteiger partial charge in [-0.05, 0) is 19.4 Å². The molecule has 6 heteroatoms. The van der Waals surface area contributed by atoms with E-state index in [0.29, 0.717) is 12.1 Å². The van der Waals surface area contributed by atoms with E-state index >= 15 is 0 Å². The fraction of sp³-hybridized carbons (Fsp3) is 0.316. The summed E-state index contributed by atoms with van der Waals surface area (Å²) in [6.45, 7) is 3.73. The van der Waals surface area contributed by atoms with E-state index in [4.69, 9.17) is 0 Å². The molecule has 0 saturated heterocycles. The predicted molar refractivity (Wildman–Crippen MR) is 95.0 cm³/mol. The van der Waals surface area contributed by atoms with E-state index in [1.54, 1.807) is 32.0 Å². The van der Waals surface area contributed by atoms with Crippen LogP contribution in [0.15, 0.2) is 54.6 Å². The van der Waals surface area contributed by atoms with E-state index in [2.05, 4.69) is 0 Å². The van der Waals surface area contributed by atoms with Crippen LogP contribution in [0.4, 0.5) is 5.69 Å². The molecule has 25 heavy (non-hydrogen) atoms. The average Bonchev–Trinajstić information content (AvgIpc) is 2.54. The molecule has 0 aromatic heterocycles. The Bertz CT molecular complexity index is 739. The van der Waals surface area contributed by atoms with Crippen LogP contribution < -0.4 is 0 Å². The molecule has 2 rings (SSSR count). The number of carbonyl (C=O) groups is 1. The summed E-state index contributed by atoms with van der Waals surface area (Å²) >= 11 is 0. The van der Waals surface area contributed by atoms with E-state index in [1.807, 2.05) is 30.3 Å². The van der Waals surface area contributed by atoms with Crippen molar-refractivity contribution < 1.29 is 14.8 Å². The van der Waals surface area contributed by atoms with Gasteiger partial charge in [-0.2, -0.15) is 0 Å². The van der Waals surface area contributed by atoms with Crippen molar-refractivity contribution >= 4 is 11.6 Å². The molecule has 0 aliphatic rings. The first kappa shape index (κ1) is 18.6. The zero-order valence-electron chi connectivity index (χ0n) is 14.4. The van der Waals surface area contributed by atoms with Crippen molar-refractivity contribution in [1.29, 1.82) is 0 Å². The summed E-state index contributed by atoms with van der Waals surface area (Å²) in [5.74, 6) is -0.264. The van der Waals surface area contributed by atoms with Crippen LogP contribution in [0.2, 0.25) is 0 Å². The van der Waals surface area contributed by atoms with Gasteiger partial charge in [-0.15, -0.1) is 0 Å². The number of nitro groups is 1. The molecule has 0 spiro atoms. The van der Waals surface area contributed by atoms with Crippen LogP contribution in [0, 0.1) is 10.1 Å². The number of hydrogen-bond donors (Lipinski definition) is 1. The highest BCUT2D eigenvalue weighted by Gasteiger charge is 2.25. The number of nitro benzene ring substituents is 1. The van der Waals surface area contributed by atoms with Gasteiger partial charge in [0, 0.05) is 24.7 Å². The van der Waals surface area contributed by atoms with Crippen molar-refractivity contribution in [3.63, 3.8) is 0 Å². The number of rotatable bonds is 7. The fourth-order valence-corrected chi connectivity index (χ4v) is 2.62. The van der Waals surface area contributed by atoms with Crippen molar-refractivity contribution in [1.82, 2.24) is 4.90 Å². The van der Waals surface area contributed by atoms with Gasteiger partial charge in [0.2, 0.25) is 5.91 Å². The maximum Gasteiger partial charge on any atom is 0.273 e. The number of nitrogens with zero attached hydrogens (tertiary/aromatic N) is 2. The second-order valence-corrected chi connectivity index (χ2v) is 6.61. The molecule has 1 N–H and O–H groups in total. The minimum Gasteiger partial charge on any atom is -0.389 e. The second-order valence-electron chi connectivity index (χ2n) is 6.61. The third-order valence-electron chi connectivity index (χ3n) is 3.68.